The van der Waals surface area contributed by atoms with Crippen molar-refractivity contribution in [3.05, 3.63) is 0 Å². The summed E-state index contributed by atoms with van der Waals surface area (Å²) in [6, 6.07) is -0.273. The fraction of sp³-hybridized carbons (Fsp3) is 0.933. The molecular weight excluding hydrogens is 295 g/mol. The maximum Gasteiger partial charge on any atom is 0.391 e. The predicted molar refractivity (Wildman–Crippen MR) is 78.5 cm³/mol. The van der Waals surface area contributed by atoms with E-state index in [1.54, 1.807) is 0 Å². The van der Waals surface area contributed by atoms with Crippen LogP contribution in [0.4, 0.5) is 13.2 Å². The van der Waals surface area contributed by atoms with Crippen molar-refractivity contribution >= 4 is 5.91 Å². The lowest BCUT2D eigenvalue weighted by Gasteiger charge is -2.35. The van der Waals surface area contributed by atoms with Crippen molar-refractivity contribution in [1.82, 2.24) is 15.5 Å². The monoisotopic (exact) mass is 321 g/mol. The highest BCUT2D eigenvalue weighted by Crippen LogP contribution is 2.37. The Morgan fingerprint density at radius 2 is 1.82 bits per heavy atom. The molecule has 22 heavy (non-hydrogen) atoms. The molecule has 0 aromatic heterocycles. The van der Waals surface area contributed by atoms with Crippen LogP contribution >= 0.6 is 0 Å². The molecule has 0 aromatic carbocycles. The van der Waals surface area contributed by atoms with Crippen molar-refractivity contribution in [2.24, 2.45) is 5.92 Å². The molecule has 1 saturated carbocycles. The second kappa shape index (κ2) is 7.64. The summed E-state index contributed by atoms with van der Waals surface area (Å²) in [5, 5.41) is 6.22. The average molecular weight is 321 g/mol. The van der Waals surface area contributed by atoms with Crippen molar-refractivity contribution in [3.63, 3.8) is 0 Å². The molecule has 1 unspecified atom stereocenters. The number of nitrogens with zero attached hydrogens (tertiary/aromatic N) is 1. The standard InChI is InChI=1S/C15H26F3N3O/c1-2-13(21-9-7-19-8-10-21)14(22)20-12-5-3-11(4-6-12)15(16,17)18/h11-13,19H,2-10H2,1H3,(H,20,22). The molecule has 1 aliphatic carbocycles. The largest absolute Gasteiger partial charge is 0.391 e. The summed E-state index contributed by atoms with van der Waals surface area (Å²) in [5.74, 6) is -1.23. The van der Waals surface area contributed by atoms with E-state index in [2.05, 4.69) is 15.5 Å². The van der Waals surface area contributed by atoms with Crippen LogP contribution in [0.1, 0.15) is 39.0 Å². The Balaban J connectivity index is 1.81. The van der Waals surface area contributed by atoms with Crippen LogP contribution in [0.3, 0.4) is 0 Å². The van der Waals surface area contributed by atoms with Gasteiger partial charge >= 0.3 is 6.18 Å². The van der Waals surface area contributed by atoms with Crippen molar-refractivity contribution in [3.8, 4) is 0 Å². The lowest BCUT2D eigenvalue weighted by molar-refractivity contribution is -0.182. The number of amides is 1. The second-order valence-corrected chi connectivity index (χ2v) is 6.31. The minimum Gasteiger partial charge on any atom is -0.352 e. The van der Waals surface area contributed by atoms with E-state index in [4.69, 9.17) is 0 Å². The molecule has 7 heteroatoms. The van der Waals surface area contributed by atoms with Gasteiger partial charge in [-0.1, -0.05) is 6.92 Å². The van der Waals surface area contributed by atoms with E-state index < -0.39 is 12.1 Å². The summed E-state index contributed by atoms with van der Waals surface area (Å²) in [7, 11) is 0. The number of hydrogen-bond acceptors (Lipinski definition) is 3. The summed E-state index contributed by atoms with van der Waals surface area (Å²) in [6.45, 7) is 5.41. The van der Waals surface area contributed by atoms with Gasteiger partial charge in [0.1, 0.15) is 0 Å². The summed E-state index contributed by atoms with van der Waals surface area (Å²) < 4.78 is 38.0. The number of alkyl halides is 3. The molecule has 1 heterocycles. The van der Waals surface area contributed by atoms with Gasteiger partial charge in [-0.05, 0) is 32.1 Å². The lowest BCUT2D eigenvalue weighted by atomic mass is 9.85. The van der Waals surface area contributed by atoms with Gasteiger partial charge < -0.3 is 10.6 Å². The van der Waals surface area contributed by atoms with Crippen LogP contribution in [-0.2, 0) is 4.79 Å². The Labute approximate surface area is 129 Å². The summed E-state index contributed by atoms with van der Waals surface area (Å²) in [6.07, 6.45) is -2.27. The third kappa shape index (κ3) is 4.59. The Morgan fingerprint density at radius 3 is 2.32 bits per heavy atom. The third-order valence-electron chi connectivity index (χ3n) is 4.82. The Kier molecular flexibility index (Phi) is 6.09. The van der Waals surface area contributed by atoms with E-state index >= 15 is 0 Å². The topological polar surface area (TPSA) is 44.4 Å². The first-order chi connectivity index (χ1) is 10.4. The molecule has 0 aromatic rings. The van der Waals surface area contributed by atoms with Crippen LogP contribution in [0.2, 0.25) is 0 Å². The van der Waals surface area contributed by atoms with Gasteiger partial charge in [-0.2, -0.15) is 13.2 Å². The van der Waals surface area contributed by atoms with Crippen molar-refractivity contribution in [1.29, 1.82) is 0 Å². The van der Waals surface area contributed by atoms with Gasteiger partial charge in [-0.15, -0.1) is 0 Å². The van der Waals surface area contributed by atoms with Gasteiger partial charge in [0.25, 0.3) is 0 Å². The number of halogens is 3. The van der Waals surface area contributed by atoms with Crippen LogP contribution < -0.4 is 10.6 Å². The molecule has 128 valence electrons. The van der Waals surface area contributed by atoms with Gasteiger partial charge in [-0.25, -0.2) is 0 Å². The van der Waals surface area contributed by atoms with Crippen LogP contribution in [-0.4, -0.2) is 55.2 Å². The molecule has 1 amide bonds. The number of nitrogens with one attached hydrogen (secondary N) is 2. The zero-order valence-electron chi connectivity index (χ0n) is 13.1. The molecule has 0 radical (unpaired) electrons. The van der Waals surface area contributed by atoms with E-state index in [0.717, 1.165) is 32.6 Å². The van der Waals surface area contributed by atoms with Crippen LogP contribution in [0.15, 0.2) is 0 Å². The van der Waals surface area contributed by atoms with Crippen molar-refractivity contribution in [2.45, 2.75) is 57.3 Å². The first-order valence-corrected chi connectivity index (χ1v) is 8.23. The van der Waals surface area contributed by atoms with Gasteiger partial charge in [0.05, 0.1) is 12.0 Å². The fourth-order valence-electron chi connectivity index (χ4n) is 3.47. The molecular formula is C15H26F3N3O. The maximum absolute atomic E-state index is 12.7. The first-order valence-electron chi connectivity index (χ1n) is 8.23. The highest BCUT2D eigenvalue weighted by molar-refractivity contribution is 5.82. The minimum absolute atomic E-state index is 0.0279. The van der Waals surface area contributed by atoms with Gasteiger partial charge in [0, 0.05) is 32.2 Å². The van der Waals surface area contributed by atoms with E-state index in [1.807, 2.05) is 6.92 Å². The summed E-state index contributed by atoms with van der Waals surface area (Å²) in [4.78, 5) is 14.6. The molecule has 2 N–H and O–H groups in total. The smallest absolute Gasteiger partial charge is 0.352 e. The lowest BCUT2D eigenvalue weighted by Crippen LogP contribution is -2.55. The zero-order chi connectivity index (χ0) is 16.2. The summed E-state index contributed by atoms with van der Waals surface area (Å²) in [5.41, 5.74) is 0. The zero-order valence-corrected chi connectivity index (χ0v) is 13.1. The van der Waals surface area contributed by atoms with Crippen molar-refractivity contribution < 1.29 is 18.0 Å². The van der Waals surface area contributed by atoms with E-state index in [-0.39, 0.29) is 30.8 Å². The molecule has 4 nitrogen and oxygen atoms in total. The molecule has 1 saturated heterocycles. The predicted octanol–water partition coefficient (Wildman–Crippen LogP) is 1.91. The quantitative estimate of drug-likeness (QED) is 0.831. The number of carbonyl (C=O) groups is 1. The molecule has 1 aliphatic heterocycles. The maximum atomic E-state index is 12.7. The van der Waals surface area contributed by atoms with E-state index in [9.17, 15) is 18.0 Å². The molecule has 0 bridgehead atoms. The van der Waals surface area contributed by atoms with Crippen LogP contribution in [0.5, 0.6) is 0 Å². The molecule has 1 atom stereocenters. The van der Waals surface area contributed by atoms with E-state index in [0.29, 0.717) is 12.8 Å². The molecule has 2 aliphatic rings. The number of hydrogen-bond donors (Lipinski definition) is 2. The number of carbonyl (C=O) groups excluding carboxylic acids is 1. The summed E-state index contributed by atoms with van der Waals surface area (Å²) >= 11 is 0. The van der Waals surface area contributed by atoms with Crippen LogP contribution in [0, 0.1) is 5.92 Å². The Hall–Kier alpha value is -0.820. The van der Waals surface area contributed by atoms with Gasteiger partial charge in [-0.3, -0.25) is 9.69 Å². The number of rotatable bonds is 4. The molecule has 2 rings (SSSR count). The van der Waals surface area contributed by atoms with Gasteiger partial charge in [0.15, 0.2) is 0 Å². The van der Waals surface area contributed by atoms with Crippen LogP contribution in [0.25, 0.3) is 0 Å². The Bertz CT molecular complexity index is 362. The highest BCUT2D eigenvalue weighted by Gasteiger charge is 2.41. The number of piperazine rings is 1. The highest BCUT2D eigenvalue weighted by atomic mass is 19.4. The minimum atomic E-state index is -4.10. The molecule has 0 spiro atoms. The normalized spacial score (nSPS) is 29.1. The van der Waals surface area contributed by atoms with E-state index in [1.165, 1.54) is 0 Å². The Morgan fingerprint density at radius 1 is 1.23 bits per heavy atom. The average Bonchev–Trinajstić information content (AvgIpc) is 2.48. The third-order valence-corrected chi connectivity index (χ3v) is 4.82. The second-order valence-electron chi connectivity index (χ2n) is 6.31. The van der Waals surface area contributed by atoms with Gasteiger partial charge in [0.2, 0.25) is 5.91 Å². The SMILES string of the molecule is CCC(C(=O)NC1CCC(C(F)(F)F)CC1)N1CCNCC1. The fourth-order valence-corrected chi connectivity index (χ4v) is 3.47. The molecule has 2 fully saturated rings. The van der Waals surface area contributed by atoms with Crippen molar-refractivity contribution in [2.75, 3.05) is 26.2 Å². The first kappa shape index (κ1) is 17.5.